The molecule has 3 heterocycles. The molecule has 0 radical (unpaired) electrons. The Labute approximate surface area is 221 Å². The van der Waals surface area contributed by atoms with Crippen LogP contribution in [0.4, 0.5) is 10.5 Å². The lowest BCUT2D eigenvalue weighted by Crippen LogP contribution is -2.45. The molecule has 202 valence electrons. The van der Waals surface area contributed by atoms with Crippen molar-refractivity contribution in [3.63, 3.8) is 0 Å². The summed E-state index contributed by atoms with van der Waals surface area (Å²) in [4.78, 5) is 31.8. The van der Waals surface area contributed by atoms with Crippen molar-refractivity contribution in [1.82, 2.24) is 10.8 Å². The topological polar surface area (TPSA) is 149 Å². The van der Waals surface area contributed by atoms with Crippen molar-refractivity contribution in [2.75, 3.05) is 30.8 Å². The maximum Gasteiger partial charge on any atom is 0.319 e. The van der Waals surface area contributed by atoms with Crippen LogP contribution in [-0.4, -0.2) is 52.1 Å². The van der Waals surface area contributed by atoms with Gasteiger partial charge in [-0.25, -0.2) is 23.5 Å². The number of hydroxylamine groups is 1. The molecule has 2 saturated heterocycles. The summed E-state index contributed by atoms with van der Waals surface area (Å²) in [6, 6.07) is 10.6. The number of carbonyl (C=O) groups excluding carboxylic acids is 2. The summed E-state index contributed by atoms with van der Waals surface area (Å²) >= 11 is 1.35. The van der Waals surface area contributed by atoms with Crippen molar-refractivity contribution in [2.45, 2.75) is 56.0 Å². The summed E-state index contributed by atoms with van der Waals surface area (Å²) < 4.78 is 31.1. The van der Waals surface area contributed by atoms with Gasteiger partial charge in [0.2, 0.25) is 5.91 Å². The number of benzene rings is 1. The number of urea groups is 1. The van der Waals surface area contributed by atoms with Gasteiger partial charge in [-0.3, -0.25) is 4.79 Å². The lowest BCUT2D eigenvalue weighted by Gasteiger charge is -2.35. The van der Waals surface area contributed by atoms with Gasteiger partial charge >= 0.3 is 6.03 Å². The Morgan fingerprint density at radius 2 is 2.03 bits per heavy atom. The van der Waals surface area contributed by atoms with E-state index in [0.717, 1.165) is 23.3 Å². The van der Waals surface area contributed by atoms with E-state index < -0.39 is 26.8 Å². The molecule has 0 bridgehead atoms. The Hall–Kier alpha value is -2.51. The van der Waals surface area contributed by atoms with E-state index >= 15 is 0 Å². The summed E-state index contributed by atoms with van der Waals surface area (Å²) in [6.07, 6.45) is 3.52. The maximum atomic E-state index is 13.5. The molecule has 0 spiro atoms. The fourth-order valence-corrected chi connectivity index (χ4v) is 8.47. The van der Waals surface area contributed by atoms with Crippen molar-refractivity contribution in [1.29, 1.82) is 0 Å². The van der Waals surface area contributed by atoms with Gasteiger partial charge in [-0.1, -0.05) is 18.6 Å². The lowest BCUT2D eigenvalue weighted by molar-refractivity contribution is -0.200. The molecular formula is C25H34N4O6S2. The van der Waals surface area contributed by atoms with E-state index in [4.69, 9.17) is 15.3 Å². The molecule has 4 rings (SSSR count). The van der Waals surface area contributed by atoms with Crippen molar-refractivity contribution in [3.8, 4) is 10.4 Å². The molecule has 5 N–H and O–H groups in total. The van der Waals surface area contributed by atoms with Crippen LogP contribution < -0.4 is 21.8 Å². The molecule has 1 aromatic carbocycles. The molecule has 2 aliphatic rings. The van der Waals surface area contributed by atoms with Gasteiger partial charge in [-0.2, -0.15) is 0 Å². The number of ether oxygens (including phenoxy) is 1. The van der Waals surface area contributed by atoms with E-state index in [1.54, 1.807) is 12.1 Å². The van der Waals surface area contributed by atoms with E-state index in [1.165, 1.54) is 11.3 Å². The molecule has 10 nitrogen and oxygen atoms in total. The fourth-order valence-electron chi connectivity index (χ4n) is 4.70. The van der Waals surface area contributed by atoms with Crippen LogP contribution in [0.1, 0.15) is 49.8 Å². The van der Waals surface area contributed by atoms with Gasteiger partial charge in [0.15, 0.2) is 16.1 Å². The average molecular weight is 551 g/mol. The fraction of sp³-hybridized carbons (Fsp3) is 0.520. The molecule has 2 fully saturated rings. The molecule has 2 aromatic rings. The first-order chi connectivity index (χ1) is 17.8. The summed E-state index contributed by atoms with van der Waals surface area (Å²) in [6.45, 7) is 1.28. The van der Waals surface area contributed by atoms with Crippen molar-refractivity contribution >= 4 is 38.8 Å². The van der Waals surface area contributed by atoms with Gasteiger partial charge in [-0.15, -0.1) is 11.3 Å². The summed E-state index contributed by atoms with van der Waals surface area (Å²) in [5.74, 6) is -0.443. The van der Waals surface area contributed by atoms with Gasteiger partial charge in [-0.05, 0) is 55.5 Å². The van der Waals surface area contributed by atoms with Gasteiger partial charge < -0.3 is 21.1 Å². The van der Waals surface area contributed by atoms with Crippen LogP contribution in [0.15, 0.2) is 36.4 Å². The SMILES string of the molecule is NCCNC(=O)Nc1cccc(-c2ccc([C@@]3(CC(=O)NOC4CCCCO4)CCCCS3(=O)=O)s2)c1. The number of amides is 3. The predicted molar refractivity (Wildman–Crippen MR) is 143 cm³/mol. The number of hydrogen-bond acceptors (Lipinski definition) is 8. The Morgan fingerprint density at radius 1 is 1.16 bits per heavy atom. The molecule has 1 unspecified atom stereocenters. The second kappa shape index (κ2) is 12.4. The Balaban J connectivity index is 1.53. The van der Waals surface area contributed by atoms with Gasteiger partial charge in [0, 0.05) is 41.6 Å². The standard InChI is InChI=1S/C25H34N4O6S2/c26-12-13-27-24(31)28-19-7-5-6-18(16-19)20-9-10-21(36-20)25(11-2-4-15-37(25,32)33)17-22(30)29-35-23-8-1-3-14-34-23/h5-7,9-10,16,23H,1-4,8,11-15,17,26H2,(H,29,30)(H2,27,28,31)/t23?,25-/m0/s1. The minimum atomic E-state index is -3.59. The number of nitrogens with two attached hydrogens (primary N) is 1. The molecule has 0 aliphatic carbocycles. The molecule has 37 heavy (non-hydrogen) atoms. The van der Waals surface area contributed by atoms with Gasteiger partial charge in [0.1, 0.15) is 4.75 Å². The average Bonchev–Trinajstić information content (AvgIpc) is 3.39. The molecule has 12 heteroatoms. The van der Waals surface area contributed by atoms with Crippen molar-refractivity contribution < 1.29 is 27.6 Å². The van der Waals surface area contributed by atoms with Crippen LogP contribution in [0.3, 0.4) is 0 Å². The van der Waals surface area contributed by atoms with E-state index in [2.05, 4.69) is 16.1 Å². The number of sulfone groups is 1. The molecule has 2 atom stereocenters. The minimum absolute atomic E-state index is 0.0391. The largest absolute Gasteiger partial charge is 0.350 e. The highest BCUT2D eigenvalue weighted by atomic mass is 32.2. The van der Waals surface area contributed by atoms with Crippen LogP contribution >= 0.6 is 11.3 Å². The highest BCUT2D eigenvalue weighted by Gasteiger charge is 2.49. The maximum absolute atomic E-state index is 13.5. The zero-order valence-corrected chi connectivity index (χ0v) is 22.3. The Morgan fingerprint density at radius 3 is 2.78 bits per heavy atom. The Bertz CT molecular complexity index is 1200. The van der Waals surface area contributed by atoms with Crippen LogP contribution in [0.25, 0.3) is 10.4 Å². The third-order valence-corrected chi connectivity index (χ3v) is 10.7. The first-order valence-electron chi connectivity index (χ1n) is 12.6. The molecule has 1 aromatic heterocycles. The summed E-state index contributed by atoms with van der Waals surface area (Å²) in [5.41, 5.74) is 9.29. The second-order valence-electron chi connectivity index (χ2n) is 9.30. The highest BCUT2D eigenvalue weighted by Crippen LogP contribution is 2.47. The van der Waals surface area contributed by atoms with Crippen LogP contribution in [-0.2, 0) is 29.0 Å². The number of rotatable bonds is 9. The van der Waals surface area contributed by atoms with E-state index in [9.17, 15) is 18.0 Å². The first-order valence-corrected chi connectivity index (χ1v) is 15.0. The predicted octanol–water partition coefficient (Wildman–Crippen LogP) is 3.25. The van der Waals surface area contributed by atoms with Crippen molar-refractivity contribution in [2.24, 2.45) is 5.73 Å². The zero-order chi connectivity index (χ0) is 26.3. The molecular weight excluding hydrogens is 516 g/mol. The number of thiophene rings is 1. The minimum Gasteiger partial charge on any atom is -0.350 e. The Kier molecular flexibility index (Phi) is 9.19. The zero-order valence-electron chi connectivity index (χ0n) is 20.7. The number of anilines is 1. The normalized spacial score (nSPS) is 23.2. The van der Waals surface area contributed by atoms with E-state index in [-0.39, 0.29) is 18.2 Å². The molecule has 2 aliphatic heterocycles. The number of hydrogen-bond donors (Lipinski definition) is 4. The van der Waals surface area contributed by atoms with Crippen LogP contribution in [0.5, 0.6) is 0 Å². The second-order valence-corrected chi connectivity index (χ2v) is 12.8. The first kappa shape index (κ1) is 27.5. The van der Waals surface area contributed by atoms with Crippen LogP contribution in [0.2, 0.25) is 0 Å². The summed E-state index contributed by atoms with van der Waals surface area (Å²) in [5, 5.41) is 5.43. The smallest absolute Gasteiger partial charge is 0.319 e. The summed E-state index contributed by atoms with van der Waals surface area (Å²) in [7, 11) is -3.59. The van der Waals surface area contributed by atoms with Gasteiger partial charge in [0.25, 0.3) is 0 Å². The van der Waals surface area contributed by atoms with Crippen LogP contribution in [0, 0.1) is 0 Å². The molecule has 0 saturated carbocycles. The van der Waals surface area contributed by atoms with Gasteiger partial charge in [0.05, 0.1) is 12.2 Å². The highest BCUT2D eigenvalue weighted by molar-refractivity contribution is 7.92. The molecule has 3 amide bonds. The monoisotopic (exact) mass is 550 g/mol. The van der Waals surface area contributed by atoms with Crippen molar-refractivity contribution in [3.05, 3.63) is 41.3 Å². The van der Waals surface area contributed by atoms with E-state index in [1.807, 2.05) is 24.3 Å². The lowest BCUT2D eigenvalue weighted by atomic mass is 9.94. The third kappa shape index (κ3) is 6.68. The number of carbonyl (C=O) groups is 2. The third-order valence-electron chi connectivity index (χ3n) is 6.62. The van der Waals surface area contributed by atoms with E-state index in [0.29, 0.717) is 55.9 Å². The quantitative estimate of drug-likeness (QED) is 0.350. The number of nitrogens with one attached hydrogen (secondary N) is 3.